The maximum atomic E-state index is 14.1. The van der Waals surface area contributed by atoms with Gasteiger partial charge in [0.15, 0.2) is 0 Å². The Hall–Kier alpha value is -0.600. The molecular weight excluding hydrogens is 249 g/mol. The van der Waals surface area contributed by atoms with Crippen molar-refractivity contribution in [2.45, 2.75) is 39.2 Å². The second-order valence-electron chi connectivity index (χ2n) is 5.27. The van der Waals surface area contributed by atoms with E-state index in [1.165, 1.54) is 25.3 Å². The van der Waals surface area contributed by atoms with Crippen LogP contribution in [0.15, 0.2) is 18.2 Å². The van der Waals surface area contributed by atoms with Gasteiger partial charge in [0.2, 0.25) is 0 Å². The maximum absolute atomic E-state index is 14.1. The van der Waals surface area contributed by atoms with Gasteiger partial charge in [0.1, 0.15) is 5.82 Å². The van der Waals surface area contributed by atoms with Crippen molar-refractivity contribution in [2.75, 3.05) is 6.54 Å². The van der Waals surface area contributed by atoms with Crippen molar-refractivity contribution in [1.82, 2.24) is 5.32 Å². The molecule has 1 fully saturated rings. The zero-order chi connectivity index (χ0) is 13.1. The summed E-state index contributed by atoms with van der Waals surface area (Å²) in [7, 11) is 0. The Bertz CT molecular complexity index is 407. The van der Waals surface area contributed by atoms with Crippen LogP contribution in [-0.4, -0.2) is 6.54 Å². The highest BCUT2D eigenvalue weighted by Crippen LogP contribution is 2.40. The molecule has 1 nitrogen and oxygen atoms in total. The molecule has 3 heteroatoms. The van der Waals surface area contributed by atoms with Crippen LogP contribution in [0.3, 0.4) is 0 Å². The molecule has 0 aliphatic heterocycles. The molecule has 1 aliphatic carbocycles. The van der Waals surface area contributed by atoms with Gasteiger partial charge in [-0.2, -0.15) is 0 Å². The van der Waals surface area contributed by atoms with Crippen LogP contribution in [0, 0.1) is 17.7 Å². The third-order valence-corrected chi connectivity index (χ3v) is 4.31. The lowest BCUT2D eigenvalue weighted by molar-refractivity contribution is 0.299. The maximum Gasteiger partial charge on any atom is 0.129 e. The molecule has 1 N–H and O–H groups in total. The first kappa shape index (κ1) is 13.8. The van der Waals surface area contributed by atoms with Crippen LogP contribution >= 0.6 is 11.6 Å². The second kappa shape index (κ2) is 6.03. The third-order valence-electron chi connectivity index (χ3n) is 4.08. The molecular formula is C15H21ClFN. The van der Waals surface area contributed by atoms with Crippen LogP contribution in [-0.2, 0) is 0 Å². The fourth-order valence-electron chi connectivity index (χ4n) is 3.13. The number of rotatable bonds is 4. The number of hydrogen-bond acceptors (Lipinski definition) is 1. The Labute approximate surface area is 114 Å². The first-order valence-corrected chi connectivity index (χ1v) is 7.19. The van der Waals surface area contributed by atoms with Gasteiger partial charge < -0.3 is 5.32 Å². The van der Waals surface area contributed by atoms with Gasteiger partial charge in [-0.1, -0.05) is 44.4 Å². The summed E-state index contributed by atoms with van der Waals surface area (Å²) >= 11 is 5.83. The Morgan fingerprint density at radius 3 is 2.78 bits per heavy atom. The molecule has 0 bridgehead atoms. The summed E-state index contributed by atoms with van der Waals surface area (Å²) < 4.78 is 14.1. The highest BCUT2D eigenvalue weighted by Gasteiger charge is 2.32. The minimum atomic E-state index is -0.187. The molecule has 2 rings (SSSR count). The van der Waals surface area contributed by atoms with Gasteiger partial charge >= 0.3 is 0 Å². The largest absolute Gasteiger partial charge is 0.310 e. The summed E-state index contributed by atoms with van der Waals surface area (Å²) in [6.07, 6.45) is 3.69. The third kappa shape index (κ3) is 2.86. The fourth-order valence-corrected chi connectivity index (χ4v) is 3.29. The molecule has 1 aromatic carbocycles. The highest BCUT2D eigenvalue weighted by molar-refractivity contribution is 6.30. The Balaban J connectivity index is 2.28. The summed E-state index contributed by atoms with van der Waals surface area (Å²) in [5.41, 5.74) is 0.764. The molecule has 0 heterocycles. The lowest BCUT2D eigenvalue weighted by atomic mass is 9.85. The highest BCUT2D eigenvalue weighted by atomic mass is 35.5. The monoisotopic (exact) mass is 269 g/mol. The minimum absolute atomic E-state index is 0.116. The summed E-state index contributed by atoms with van der Waals surface area (Å²) in [5, 5.41) is 3.91. The van der Waals surface area contributed by atoms with Gasteiger partial charge in [0.05, 0.1) is 0 Å². The van der Waals surface area contributed by atoms with Crippen LogP contribution < -0.4 is 5.32 Å². The lowest BCUT2D eigenvalue weighted by Crippen LogP contribution is -2.30. The molecule has 1 aromatic rings. The van der Waals surface area contributed by atoms with Crippen molar-refractivity contribution in [3.05, 3.63) is 34.6 Å². The molecule has 3 unspecified atom stereocenters. The van der Waals surface area contributed by atoms with E-state index in [2.05, 4.69) is 19.2 Å². The second-order valence-corrected chi connectivity index (χ2v) is 5.71. The Morgan fingerprint density at radius 2 is 2.22 bits per heavy atom. The zero-order valence-corrected chi connectivity index (χ0v) is 11.8. The van der Waals surface area contributed by atoms with Crippen molar-refractivity contribution >= 4 is 11.6 Å². The first-order chi connectivity index (χ1) is 8.63. The van der Waals surface area contributed by atoms with Gasteiger partial charge in [0, 0.05) is 16.6 Å². The van der Waals surface area contributed by atoms with E-state index in [0.717, 1.165) is 12.1 Å². The van der Waals surface area contributed by atoms with Gasteiger partial charge in [-0.3, -0.25) is 0 Å². The quantitative estimate of drug-likeness (QED) is 0.845. The van der Waals surface area contributed by atoms with Crippen molar-refractivity contribution < 1.29 is 4.39 Å². The standard InChI is InChI=1S/C15H21ClFN/c1-3-18-15(12-6-4-5-10(12)2)13-8-7-11(16)9-14(13)17/h7-10,12,15,18H,3-6H2,1-2H3. The van der Waals surface area contributed by atoms with E-state index in [0.29, 0.717) is 16.9 Å². The summed E-state index contributed by atoms with van der Waals surface area (Å²) in [6.45, 7) is 5.20. The average Bonchev–Trinajstić information content (AvgIpc) is 2.73. The van der Waals surface area contributed by atoms with E-state index in [-0.39, 0.29) is 11.9 Å². The SMILES string of the molecule is CCNC(c1ccc(Cl)cc1F)C1CCCC1C. The van der Waals surface area contributed by atoms with Crippen LogP contribution in [0.25, 0.3) is 0 Å². The molecule has 0 aromatic heterocycles. The van der Waals surface area contributed by atoms with Crippen molar-refractivity contribution in [2.24, 2.45) is 11.8 Å². The van der Waals surface area contributed by atoms with Gasteiger partial charge in [-0.25, -0.2) is 4.39 Å². The predicted molar refractivity (Wildman–Crippen MR) is 74.3 cm³/mol. The minimum Gasteiger partial charge on any atom is -0.310 e. The number of hydrogen-bond donors (Lipinski definition) is 1. The van der Waals surface area contributed by atoms with Crippen molar-refractivity contribution in [1.29, 1.82) is 0 Å². The van der Waals surface area contributed by atoms with Crippen LogP contribution in [0.2, 0.25) is 5.02 Å². The van der Waals surface area contributed by atoms with Crippen molar-refractivity contribution in [3.8, 4) is 0 Å². The van der Waals surface area contributed by atoms with Crippen LogP contribution in [0.5, 0.6) is 0 Å². The van der Waals surface area contributed by atoms with E-state index in [4.69, 9.17) is 11.6 Å². The van der Waals surface area contributed by atoms with Gasteiger partial charge in [0.25, 0.3) is 0 Å². The predicted octanol–water partition coefficient (Wildman–Crippen LogP) is 4.57. The number of benzene rings is 1. The number of nitrogens with one attached hydrogen (secondary N) is 1. The van der Waals surface area contributed by atoms with Crippen LogP contribution in [0.4, 0.5) is 4.39 Å². The summed E-state index contributed by atoms with van der Waals surface area (Å²) in [4.78, 5) is 0. The van der Waals surface area contributed by atoms with E-state index < -0.39 is 0 Å². The first-order valence-electron chi connectivity index (χ1n) is 6.81. The molecule has 1 aliphatic rings. The molecule has 3 atom stereocenters. The number of halogens is 2. The molecule has 0 amide bonds. The van der Waals surface area contributed by atoms with Gasteiger partial charge in [-0.15, -0.1) is 0 Å². The zero-order valence-electron chi connectivity index (χ0n) is 11.0. The van der Waals surface area contributed by atoms with E-state index >= 15 is 0 Å². The molecule has 1 saturated carbocycles. The Kier molecular flexibility index (Phi) is 4.63. The van der Waals surface area contributed by atoms with E-state index in [1.807, 2.05) is 6.07 Å². The fraction of sp³-hybridized carbons (Fsp3) is 0.600. The lowest BCUT2D eigenvalue weighted by Gasteiger charge is -2.28. The average molecular weight is 270 g/mol. The van der Waals surface area contributed by atoms with Crippen molar-refractivity contribution in [3.63, 3.8) is 0 Å². The summed E-state index contributed by atoms with van der Waals surface area (Å²) in [6, 6.07) is 5.14. The molecule has 0 spiro atoms. The normalized spacial score (nSPS) is 25.3. The molecule has 100 valence electrons. The summed E-state index contributed by atoms with van der Waals surface area (Å²) in [5.74, 6) is 0.998. The molecule has 0 radical (unpaired) electrons. The van der Waals surface area contributed by atoms with Gasteiger partial charge in [-0.05, 0) is 36.9 Å². The smallest absolute Gasteiger partial charge is 0.129 e. The van der Waals surface area contributed by atoms with Crippen LogP contribution in [0.1, 0.15) is 44.7 Å². The van der Waals surface area contributed by atoms with E-state index in [9.17, 15) is 4.39 Å². The van der Waals surface area contributed by atoms with E-state index in [1.54, 1.807) is 6.07 Å². The molecule has 18 heavy (non-hydrogen) atoms. The topological polar surface area (TPSA) is 12.0 Å². The molecule has 0 saturated heterocycles. The Morgan fingerprint density at radius 1 is 1.44 bits per heavy atom.